The van der Waals surface area contributed by atoms with E-state index in [9.17, 15) is 9.18 Å². The van der Waals surface area contributed by atoms with Gasteiger partial charge in [-0.15, -0.1) is 0 Å². The maximum Gasteiger partial charge on any atom is 0.224 e. The van der Waals surface area contributed by atoms with Crippen molar-refractivity contribution in [3.8, 4) is 0 Å². The summed E-state index contributed by atoms with van der Waals surface area (Å²) in [4.78, 5) is 11.5. The molecule has 0 radical (unpaired) electrons. The number of benzene rings is 1. The molecule has 0 unspecified atom stereocenters. The highest BCUT2D eigenvalue weighted by molar-refractivity contribution is 5.79. The minimum absolute atomic E-state index is 0.0490. The number of rotatable bonds is 3. The minimum atomic E-state index is -0.300. The second-order valence-electron chi connectivity index (χ2n) is 3.73. The van der Waals surface area contributed by atoms with Crippen molar-refractivity contribution >= 4 is 5.91 Å². The maximum atomic E-state index is 12.8. The van der Waals surface area contributed by atoms with Crippen LogP contribution in [0.4, 0.5) is 4.39 Å². The fourth-order valence-corrected chi connectivity index (χ4v) is 1.50. The van der Waals surface area contributed by atoms with Gasteiger partial charge >= 0.3 is 0 Å². The molecule has 1 aromatic rings. The normalized spacial score (nSPS) is 15.8. The Labute approximate surface area is 87.7 Å². The third kappa shape index (κ3) is 2.76. The van der Waals surface area contributed by atoms with Crippen LogP contribution < -0.4 is 10.6 Å². The van der Waals surface area contributed by atoms with E-state index in [1.54, 1.807) is 12.1 Å². The average molecular weight is 208 g/mol. The Balaban J connectivity index is 1.87. The SMILES string of the molecule is O=C(Cc1cccc(F)c1)NC1CNC1. The lowest BCUT2D eigenvalue weighted by atomic mass is 10.1. The van der Waals surface area contributed by atoms with Crippen LogP contribution in [0.15, 0.2) is 24.3 Å². The summed E-state index contributed by atoms with van der Waals surface area (Å²) in [7, 11) is 0. The van der Waals surface area contributed by atoms with Crippen molar-refractivity contribution in [2.24, 2.45) is 0 Å². The highest BCUT2D eigenvalue weighted by Crippen LogP contribution is 2.04. The van der Waals surface area contributed by atoms with Gasteiger partial charge in [0.2, 0.25) is 5.91 Å². The summed E-state index contributed by atoms with van der Waals surface area (Å²) in [6, 6.07) is 6.37. The molecule has 15 heavy (non-hydrogen) atoms. The number of hydrogen-bond acceptors (Lipinski definition) is 2. The molecule has 0 saturated carbocycles. The van der Waals surface area contributed by atoms with Crippen molar-refractivity contribution in [2.45, 2.75) is 12.5 Å². The molecule has 0 aliphatic carbocycles. The van der Waals surface area contributed by atoms with Crippen LogP contribution in [0.25, 0.3) is 0 Å². The molecular formula is C11H13FN2O. The predicted molar refractivity (Wildman–Crippen MR) is 54.9 cm³/mol. The summed E-state index contributed by atoms with van der Waals surface area (Å²) < 4.78 is 12.8. The van der Waals surface area contributed by atoms with Gasteiger partial charge in [0.1, 0.15) is 5.82 Å². The first-order valence-electron chi connectivity index (χ1n) is 4.98. The lowest BCUT2D eigenvalue weighted by Crippen LogP contribution is -2.57. The third-order valence-electron chi connectivity index (χ3n) is 2.40. The molecule has 3 nitrogen and oxygen atoms in total. The monoisotopic (exact) mass is 208 g/mol. The van der Waals surface area contributed by atoms with Crippen molar-refractivity contribution < 1.29 is 9.18 Å². The van der Waals surface area contributed by atoms with E-state index in [4.69, 9.17) is 0 Å². The smallest absolute Gasteiger partial charge is 0.224 e. The summed E-state index contributed by atoms with van der Waals surface area (Å²) >= 11 is 0. The second kappa shape index (κ2) is 4.40. The summed E-state index contributed by atoms with van der Waals surface area (Å²) in [5.74, 6) is -0.349. The van der Waals surface area contributed by atoms with E-state index in [-0.39, 0.29) is 24.2 Å². The van der Waals surface area contributed by atoms with Gasteiger partial charge in [0, 0.05) is 13.1 Å². The van der Waals surface area contributed by atoms with E-state index in [1.807, 2.05) is 0 Å². The molecule has 0 bridgehead atoms. The molecule has 0 aromatic heterocycles. The van der Waals surface area contributed by atoms with Crippen molar-refractivity contribution in [1.82, 2.24) is 10.6 Å². The van der Waals surface area contributed by atoms with Crippen molar-refractivity contribution in [1.29, 1.82) is 0 Å². The first-order chi connectivity index (χ1) is 7.24. The summed E-state index contributed by atoms with van der Waals surface area (Å²) in [6.45, 7) is 1.66. The zero-order valence-electron chi connectivity index (χ0n) is 8.29. The van der Waals surface area contributed by atoms with E-state index in [0.717, 1.165) is 13.1 Å². The Morgan fingerprint density at radius 2 is 2.33 bits per heavy atom. The van der Waals surface area contributed by atoms with Gasteiger partial charge in [0.05, 0.1) is 12.5 Å². The minimum Gasteiger partial charge on any atom is -0.351 e. The lowest BCUT2D eigenvalue weighted by molar-refractivity contribution is -0.121. The van der Waals surface area contributed by atoms with Gasteiger partial charge in [-0.05, 0) is 17.7 Å². The van der Waals surface area contributed by atoms with E-state index in [1.165, 1.54) is 12.1 Å². The summed E-state index contributed by atoms with van der Waals surface area (Å²) in [5.41, 5.74) is 0.708. The first kappa shape index (κ1) is 10.1. The van der Waals surface area contributed by atoms with Gasteiger partial charge in [-0.25, -0.2) is 4.39 Å². The zero-order chi connectivity index (χ0) is 10.7. The molecular weight excluding hydrogens is 195 g/mol. The van der Waals surface area contributed by atoms with E-state index in [2.05, 4.69) is 10.6 Å². The molecule has 1 aliphatic heterocycles. The molecule has 2 N–H and O–H groups in total. The number of hydrogen-bond donors (Lipinski definition) is 2. The molecule has 80 valence electrons. The topological polar surface area (TPSA) is 41.1 Å². The van der Waals surface area contributed by atoms with Gasteiger partial charge in [-0.2, -0.15) is 0 Å². The lowest BCUT2D eigenvalue weighted by Gasteiger charge is -2.27. The molecule has 1 amide bonds. The zero-order valence-corrected chi connectivity index (χ0v) is 8.29. The fourth-order valence-electron chi connectivity index (χ4n) is 1.50. The number of carbonyl (C=O) groups is 1. The van der Waals surface area contributed by atoms with Crippen molar-refractivity contribution in [2.75, 3.05) is 13.1 Å². The summed E-state index contributed by atoms with van der Waals surface area (Å²) in [5, 5.41) is 5.93. The Bertz CT molecular complexity index is 363. The quantitative estimate of drug-likeness (QED) is 0.757. The van der Waals surface area contributed by atoms with Gasteiger partial charge in [-0.3, -0.25) is 4.79 Å². The van der Waals surface area contributed by atoms with E-state index in [0.29, 0.717) is 5.56 Å². The van der Waals surface area contributed by atoms with Crippen LogP contribution in [0.5, 0.6) is 0 Å². The Morgan fingerprint density at radius 3 is 2.93 bits per heavy atom. The van der Waals surface area contributed by atoms with Gasteiger partial charge in [0.15, 0.2) is 0 Å². The van der Waals surface area contributed by atoms with Crippen molar-refractivity contribution in [3.05, 3.63) is 35.6 Å². The largest absolute Gasteiger partial charge is 0.351 e. The third-order valence-corrected chi connectivity index (χ3v) is 2.40. The Hall–Kier alpha value is -1.42. The number of nitrogens with one attached hydrogen (secondary N) is 2. The Morgan fingerprint density at radius 1 is 1.53 bits per heavy atom. The average Bonchev–Trinajstić information content (AvgIpc) is 2.11. The fraction of sp³-hybridized carbons (Fsp3) is 0.364. The van der Waals surface area contributed by atoms with Crippen LogP contribution in [0.2, 0.25) is 0 Å². The van der Waals surface area contributed by atoms with E-state index >= 15 is 0 Å². The number of amides is 1. The van der Waals surface area contributed by atoms with Crippen LogP contribution in [0.1, 0.15) is 5.56 Å². The molecule has 2 rings (SSSR count). The molecule has 1 aromatic carbocycles. The van der Waals surface area contributed by atoms with Crippen molar-refractivity contribution in [3.63, 3.8) is 0 Å². The predicted octanol–water partition coefficient (Wildman–Crippen LogP) is 0.456. The first-order valence-corrected chi connectivity index (χ1v) is 4.98. The van der Waals surface area contributed by atoms with Crippen LogP contribution >= 0.6 is 0 Å². The van der Waals surface area contributed by atoms with Crippen LogP contribution in [-0.4, -0.2) is 25.0 Å². The standard InChI is InChI=1S/C11H13FN2O/c12-9-3-1-2-8(4-9)5-11(15)14-10-6-13-7-10/h1-4,10,13H,5-7H2,(H,14,15). The van der Waals surface area contributed by atoms with Crippen LogP contribution in [0, 0.1) is 5.82 Å². The molecule has 1 heterocycles. The molecule has 1 saturated heterocycles. The molecule has 1 fully saturated rings. The molecule has 0 atom stereocenters. The van der Waals surface area contributed by atoms with Gasteiger partial charge < -0.3 is 10.6 Å². The highest BCUT2D eigenvalue weighted by Gasteiger charge is 2.18. The summed E-state index contributed by atoms with van der Waals surface area (Å²) in [6.07, 6.45) is 0.244. The highest BCUT2D eigenvalue weighted by atomic mass is 19.1. The van der Waals surface area contributed by atoms with E-state index < -0.39 is 0 Å². The van der Waals surface area contributed by atoms with Gasteiger partial charge in [0.25, 0.3) is 0 Å². The molecule has 4 heteroatoms. The second-order valence-corrected chi connectivity index (χ2v) is 3.73. The number of carbonyl (C=O) groups excluding carboxylic acids is 1. The number of halogens is 1. The molecule has 1 aliphatic rings. The maximum absolute atomic E-state index is 12.8. The molecule has 0 spiro atoms. The Kier molecular flexibility index (Phi) is 2.97. The van der Waals surface area contributed by atoms with Crippen LogP contribution in [-0.2, 0) is 11.2 Å². The van der Waals surface area contributed by atoms with Gasteiger partial charge in [-0.1, -0.05) is 12.1 Å². The van der Waals surface area contributed by atoms with Crippen LogP contribution in [0.3, 0.4) is 0 Å².